The second kappa shape index (κ2) is 4.04. The molecule has 0 aliphatic heterocycles. The number of aliphatic hydroxyl groups is 2. The third-order valence-corrected chi connectivity index (χ3v) is 0.686. The van der Waals surface area contributed by atoms with Crippen molar-refractivity contribution in [3.8, 4) is 12.3 Å². The summed E-state index contributed by atoms with van der Waals surface area (Å²) in [7, 11) is 0. The first-order valence-corrected chi connectivity index (χ1v) is 1.96. The van der Waals surface area contributed by atoms with Gasteiger partial charge in [0.25, 0.3) is 0 Å². The number of carbonyl (C=O) groups is 1. The summed E-state index contributed by atoms with van der Waals surface area (Å²) in [6.45, 7) is -0.729. The fourth-order valence-corrected chi connectivity index (χ4v) is 0.117. The average molecular weight is 132 g/mol. The summed E-state index contributed by atoms with van der Waals surface area (Å²) < 4.78 is 0. The van der Waals surface area contributed by atoms with Crippen LogP contribution in [0.5, 0.6) is 0 Å². The van der Waals surface area contributed by atoms with Crippen molar-refractivity contribution in [3.05, 3.63) is 0 Å². The number of terminal acetylenes is 1. The van der Waals surface area contributed by atoms with Gasteiger partial charge in [0.05, 0.1) is 6.61 Å². The summed E-state index contributed by atoms with van der Waals surface area (Å²) in [4.78, 5) is 9.74. The van der Waals surface area contributed by atoms with Crippen LogP contribution in [-0.2, 0) is 4.79 Å². The maximum atomic E-state index is 9.74. The maximum Gasteiger partial charge on any atom is 0.204 e. The summed E-state index contributed by atoms with van der Waals surface area (Å²) in [5.74, 6) is 1.72. The lowest BCUT2D eigenvalue weighted by Crippen LogP contribution is -2.32. The minimum atomic E-state index is -1.97. The largest absolute Gasteiger partial charge is 0.412 e. The second-order valence-electron chi connectivity index (χ2n) is 1.34. The number of carbonyl (C=O) groups excluding carboxylic acids is 1. The number of hydrogen-bond acceptors (Lipinski definition) is 3. The highest BCUT2D eigenvalue weighted by Gasteiger charge is 2.20. The van der Waals surface area contributed by atoms with Gasteiger partial charge < -0.3 is 15.7 Å². The zero-order chi connectivity index (χ0) is 6.62. The number of rotatable bonds is 2. The predicted octanol–water partition coefficient (Wildman–Crippen LogP) is -2.28. The molecule has 0 fully saturated rings. The molecule has 0 aromatic rings. The zero-order valence-electron chi connectivity index (χ0n) is 4.66. The Morgan fingerprint density at radius 1 is 1.78 bits per heavy atom. The Morgan fingerprint density at radius 3 is 2.22 bits per heavy atom. The number of aldehydes is 1. The molecule has 0 aliphatic rings. The van der Waals surface area contributed by atoms with Crippen LogP contribution in [0.3, 0.4) is 0 Å². The second-order valence-corrected chi connectivity index (χ2v) is 1.34. The molecule has 0 radical (unpaired) electrons. The van der Waals surface area contributed by atoms with Crippen LogP contribution in [-0.4, -0.2) is 34.2 Å². The van der Waals surface area contributed by atoms with E-state index < -0.39 is 12.2 Å². The van der Waals surface area contributed by atoms with Crippen molar-refractivity contribution in [2.75, 3.05) is 6.61 Å². The maximum absolute atomic E-state index is 9.74. The molecule has 1 atom stereocenters. The van der Waals surface area contributed by atoms with Crippen molar-refractivity contribution >= 4 is 6.29 Å². The zero-order valence-corrected chi connectivity index (χ0v) is 4.66. The molecular weight excluding hydrogens is 124 g/mol. The highest BCUT2D eigenvalue weighted by atomic mass is 16.3. The Hall–Kier alpha value is -0.890. The van der Waals surface area contributed by atoms with Crippen molar-refractivity contribution in [2.45, 2.75) is 5.60 Å². The monoisotopic (exact) mass is 132 g/mol. The van der Waals surface area contributed by atoms with Gasteiger partial charge in [0.2, 0.25) is 5.60 Å². The van der Waals surface area contributed by atoms with Gasteiger partial charge in [0.1, 0.15) is 0 Å². The van der Waals surface area contributed by atoms with Gasteiger partial charge >= 0.3 is 0 Å². The van der Waals surface area contributed by atoms with Gasteiger partial charge in [-0.15, -0.1) is 6.42 Å². The van der Waals surface area contributed by atoms with E-state index in [4.69, 9.17) is 10.2 Å². The predicted molar refractivity (Wildman–Crippen MR) is 30.5 cm³/mol. The molecule has 9 heavy (non-hydrogen) atoms. The van der Waals surface area contributed by atoms with E-state index in [1.54, 1.807) is 5.92 Å². The molecule has 0 aliphatic carbocycles. The minimum Gasteiger partial charge on any atom is -0.412 e. The molecule has 0 aromatic heterocycles. The normalized spacial score (nSPS) is 14.3. The lowest BCUT2D eigenvalue weighted by atomic mass is 10.1. The number of hydrogen-bond donors (Lipinski definition) is 2. The van der Waals surface area contributed by atoms with Crippen LogP contribution in [0.4, 0.5) is 0 Å². The molecule has 0 rings (SSSR count). The van der Waals surface area contributed by atoms with Crippen LogP contribution in [0.2, 0.25) is 0 Å². The number of aliphatic hydroxyl groups excluding tert-OH is 1. The van der Waals surface area contributed by atoms with Gasteiger partial charge in [-0.3, -0.25) is 4.79 Å². The molecule has 0 spiro atoms. The summed E-state index contributed by atoms with van der Waals surface area (Å²) >= 11 is 0. The van der Waals surface area contributed by atoms with Crippen molar-refractivity contribution < 1.29 is 20.5 Å². The first kappa shape index (κ1) is 11.0. The van der Waals surface area contributed by atoms with Crippen molar-refractivity contribution in [1.29, 1.82) is 0 Å². The molecular formula is C5H8O4. The molecule has 4 nitrogen and oxygen atoms in total. The molecule has 0 heterocycles. The minimum absolute atomic E-state index is 0. The Kier molecular flexibility index (Phi) is 4.92. The van der Waals surface area contributed by atoms with E-state index in [0.29, 0.717) is 0 Å². The first-order valence-electron chi connectivity index (χ1n) is 1.96. The smallest absolute Gasteiger partial charge is 0.204 e. The van der Waals surface area contributed by atoms with Crippen LogP contribution >= 0.6 is 0 Å². The molecule has 52 valence electrons. The van der Waals surface area contributed by atoms with E-state index in [1.807, 2.05) is 0 Å². The standard InChI is InChI=1S/C5H6O3.H2O/c1-2-5(8,3-6)4-7;/h1,3,7-8H,4H2;1H2/t5-;/m0./s1. The van der Waals surface area contributed by atoms with Crippen LogP contribution in [0.25, 0.3) is 0 Å². The Morgan fingerprint density at radius 2 is 2.22 bits per heavy atom. The fourth-order valence-electron chi connectivity index (χ4n) is 0.117. The van der Waals surface area contributed by atoms with Gasteiger partial charge in [0, 0.05) is 0 Å². The molecule has 0 amide bonds. The van der Waals surface area contributed by atoms with Gasteiger partial charge in [0.15, 0.2) is 6.29 Å². The van der Waals surface area contributed by atoms with E-state index in [1.165, 1.54) is 0 Å². The lowest BCUT2D eigenvalue weighted by molar-refractivity contribution is -0.121. The van der Waals surface area contributed by atoms with Gasteiger partial charge in [-0.05, 0) is 0 Å². The Balaban J connectivity index is 0. The molecule has 4 N–H and O–H groups in total. The van der Waals surface area contributed by atoms with Crippen molar-refractivity contribution in [1.82, 2.24) is 0 Å². The quantitative estimate of drug-likeness (QED) is 0.327. The Bertz CT molecular complexity index is 125. The lowest BCUT2D eigenvalue weighted by Gasteiger charge is -2.07. The average Bonchev–Trinajstić information content (AvgIpc) is 1.87. The molecule has 0 saturated carbocycles. The van der Waals surface area contributed by atoms with Crippen molar-refractivity contribution in [2.24, 2.45) is 0 Å². The van der Waals surface area contributed by atoms with Crippen LogP contribution < -0.4 is 0 Å². The van der Waals surface area contributed by atoms with E-state index in [0.717, 1.165) is 0 Å². The SMILES string of the molecule is C#C[C@](O)(C=O)CO.O. The molecule has 0 bridgehead atoms. The summed E-state index contributed by atoms with van der Waals surface area (Å²) in [6.07, 6.45) is 4.75. The van der Waals surface area contributed by atoms with Crippen LogP contribution in [0, 0.1) is 12.3 Å². The Labute approximate surface area is 52.4 Å². The third-order valence-electron chi connectivity index (χ3n) is 0.686. The molecule has 0 aromatic carbocycles. The van der Waals surface area contributed by atoms with Gasteiger partial charge in [-0.1, -0.05) is 5.92 Å². The third kappa shape index (κ3) is 2.82. The van der Waals surface area contributed by atoms with Gasteiger partial charge in [-0.2, -0.15) is 0 Å². The van der Waals surface area contributed by atoms with Gasteiger partial charge in [-0.25, -0.2) is 0 Å². The summed E-state index contributed by atoms with van der Waals surface area (Å²) in [6, 6.07) is 0. The highest BCUT2D eigenvalue weighted by molar-refractivity contribution is 5.67. The molecule has 0 unspecified atom stereocenters. The van der Waals surface area contributed by atoms with Crippen molar-refractivity contribution in [3.63, 3.8) is 0 Å². The highest BCUT2D eigenvalue weighted by Crippen LogP contribution is 1.93. The molecule has 0 saturated heterocycles. The summed E-state index contributed by atoms with van der Waals surface area (Å²) in [5.41, 5.74) is -1.97. The van der Waals surface area contributed by atoms with Crippen LogP contribution in [0.1, 0.15) is 0 Å². The topological polar surface area (TPSA) is 89.0 Å². The fraction of sp³-hybridized carbons (Fsp3) is 0.400. The van der Waals surface area contributed by atoms with E-state index in [9.17, 15) is 4.79 Å². The summed E-state index contributed by atoms with van der Waals surface area (Å²) in [5, 5.41) is 16.7. The molecule has 4 heteroatoms. The van der Waals surface area contributed by atoms with E-state index in [2.05, 4.69) is 6.42 Å². The first-order chi connectivity index (χ1) is 3.68. The van der Waals surface area contributed by atoms with E-state index >= 15 is 0 Å². The van der Waals surface area contributed by atoms with Crippen LogP contribution in [0.15, 0.2) is 0 Å². The van der Waals surface area contributed by atoms with E-state index in [-0.39, 0.29) is 11.8 Å².